The predicted octanol–water partition coefficient (Wildman–Crippen LogP) is 4.29. The van der Waals surface area contributed by atoms with Crippen molar-refractivity contribution in [2.24, 2.45) is 5.73 Å². The highest BCUT2D eigenvalue weighted by atomic mass is 35.5. The Kier molecular flexibility index (Phi) is 8.46. The molecule has 4 nitrogen and oxygen atoms in total. The Labute approximate surface area is 161 Å². The third-order valence-electron chi connectivity index (χ3n) is 5.13. The number of nitrogens with zero attached hydrogens (tertiary/aromatic N) is 2. The number of nitrogens with two attached hydrogens (primary N) is 1. The van der Waals surface area contributed by atoms with Crippen LogP contribution in [-0.4, -0.2) is 34.4 Å². The van der Waals surface area contributed by atoms with Gasteiger partial charge in [-0.2, -0.15) is 0 Å². The third-order valence-corrected chi connectivity index (χ3v) is 6.44. The zero-order valence-electron chi connectivity index (χ0n) is 14.5. The van der Waals surface area contributed by atoms with Crippen LogP contribution >= 0.6 is 36.2 Å². The van der Waals surface area contributed by atoms with Crippen LogP contribution in [0.4, 0.5) is 0 Å². The van der Waals surface area contributed by atoms with Crippen LogP contribution in [0.15, 0.2) is 0 Å². The van der Waals surface area contributed by atoms with Crippen LogP contribution in [0, 0.1) is 6.92 Å². The van der Waals surface area contributed by atoms with E-state index >= 15 is 0 Å². The molecule has 0 bridgehead atoms. The Morgan fingerprint density at radius 2 is 1.83 bits per heavy atom. The first-order valence-corrected chi connectivity index (χ1v) is 9.43. The minimum absolute atomic E-state index is 0. The second-order valence-electron chi connectivity index (χ2n) is 6.87. The number of hydrogen-bond acceptors (Lipinski definition) is 4. The van der Waals surface area contributed by atoms with Gasteiger partial charge in [0.05, 0.1) is 10.7 Å². The molecule has 0 radical (unpaired) electrons. The number of piperidine rings is 1. The fourth-order valence-electron chi connectivity index (χ4n) is 3.85. The van der Waals surface area contributed by atoms with Crippen molar-refractivity contribution in [2.45, 2.75) is 76.8 Å². The Bertz CT molecular complexity index is 544. The first kappa shape index (κ1) is 21.7. The Morgan fingerprint density at radius 1 is 1.21 bits per heavy atom. The largest absolute Gasteiger partial charge is 0.333 e. The van der Waals surface area contributed by atoms with E-state index in [0.717, 1.165) is 30.0 Å². The van der Waals surface area contributed by atoms with Crippen molar-refractivity contribution in [1.29, 1.82) is 0 Å². The first-order chi connectivity index (χ1) is 10.6. The molecule has 1 aliphatic heterocycles. The van der Waals surface area contributed by atoms with Crippen LogP contribution < -0.4 is 5.73 Å². The summed E-state index contributed by atoms with van der Waals surface area (Å²) in [6.45, 7) is 4.83. The van der Waals surface area contributed by atoms with Crippen molar-refractivity contribution < 1.29 is 4.79 Å². The van der Waals surface area contributed by atoms with Crippen molar-refractivity contribution in [3.63, 3.8) is 0 Å². The number of carbonyl (C=O) groups is 1. The lowest BCUT2D eigenvalue weighted by Crippen LogP contribution is -2.51. The molecule has 1 saturated carbocycles. The van der Waals surface area contributed by atoms with E-state index in [-0.39, 0.29) is 42.8 Å². The summed E-state index contributed by atoms with van der Waals surface area (Å²) >= 11 is 1.63. The number of aryl methyl sites for hydroxylation is 1. The van der Waals surface area contributed by atoms with Gasteiger partial charge >= 0.3 is 0 Å². The monoisotopic (exact) mass is 393 g/mol. The van der Waals surface area contributed by atoms with E-state index in [0.29, 0.717) is 5.92 Å². The lowest BCUT2D eigenvalue weighted by molar-refractivity contribution is 0.0588. The highest BCUT2D eigenvalue weighted by Crippen LogP contribution is 2.37. The van der Waals surface area contributed by atoms with Crippen LogP contribution in [0.25, 0.3) is 0 Å². The van der Waals surface area contributed by atoms with Crippen LogP contribution in [-0.2, 0) is 0 Å². The Morgan fingerprint density at radius 3 is 2.46 bits per heavy atom. The fraction of sp³-hybridized carbons (Fsp3) is 0.765. The van der Waals surface area contributed by atoms with Crippen molar-refractivity contribution in [3.8, 4) is 0 Å². The third kappa shape index (κ3) is 4.43. The number of amides is 1. The number of thiazole rings is 1. The van der Waals surface area contributed by atoms with Gasteiger partial charge in [-0.1, -0.05) is 12.8 Å². The average molecular weight is 394 g/mol. The molecule has 138 valence electrons. The van der Waals surface area contributed by atoms with Crippen LogP contribution in [0.1, 0.15) is 78.2 Å². The van der Waals surface area contributed by atoms with Crippen LogP contribution in [0.5, 0.6) is 0 Å². The first-order valence-electron chi connectivity index (χ1n) is 8.62. The second-order valence-corrected chi connectivity index (χ2v) is 7.90. The van der Waals surface area contributed by atoms with Gasteiger partial charge in [0.2, 0.25) is 0 Å². The number of hydrogen-bond donors (Lipinski definition) is 1. The summed E-state index contributed by atoms with van der Waals surface area (Å²) in [5.41, 5.74) is 7.02. The molecule has 2 fully saturated rings. The van der Waals surface area contributed by atoms with Crippen molar-refractivity contribution in [1.82, 2.24) is 9.88 Å². The molecule has 2 aliphatic rings. The number of likely N-dealkylation sites (tertiary alicyclic amines) is 1. The minimum Gasteiger partial charge on any atom is -0.333 e. The Hall–Kier alpha value is -0.360. The Balaban J connectivity index is 0.00000144. The molecule has 1 aromatic heterocycles. The highest BCUT2D eigenvalue weighted by molar-refractivity contribution is 7.13. The molecule has 1 aromatic rings. The van der Waals surface area contributed by atoms with E-state index in [1.54, 1.807) is 11.3 Å². The predicted molar refractivity (Wildman–Crippen MR) is 105 cm³/mol. The van der Waals surface area contributed by atoms with Crippen molar-refractivity contribution >= 4 is 42.1 Å². The normalized spacial score (nSPS) is 22.6. The van der Waals surface area contributed by atoms with E-state index < -0.39 is 0 Å². The SMILES string of the molecule is Cc1nc(C2CCCC2)sc1C(=O)N1CCCCC1C(C)N.Cl.Cl. The molecule has 2 heterocycles. The van der Waals surface area contributed by atoms with Gasteiger partial charge in [-0.05, 0) is 46.0 Å². The summed E-state index contributed by atoms with van der Waals surface area (Å²) < 4.78 is 0. The molecule has 0 spiro atoms. The highest BCUT2D eigenvalue weighted by Gasteiger charge is 2.32. The van der Waals surface area contributed by atoms with Gasteiger partial charge < -0.3 is 10.6 Å². The quantitative estimate of drug-likeness (QED) is 0.832. The zero-order valence-corrected chi connectivity index (χ0v) is 16.9. The van der Waals surface area contributed by atoms with Crippen molar-refractivity contribution in [2.75, 3.05) is 6.54 Å². The molecule has 1 saturated heterocycles. The lowest BCUT2D eigenvalue weighted by Gasteiger charge is -2.37. The van der Waals surface area contributed by atoms with Crippen molar-refractivity contribution in [3.05, 3.63) is 15.6 Å². The minimum atomic E-state index is 0. The van der Waals surface area contributed by atoms with Gasteiger partial charge in [-0.25, -0.2) is 4.98 Å². The smallest absolute Gasteiger partial charge is 0.266 e. The second kappa shape index (κ2) is 9.37. The summed E-state index contributed by atoms with van der Waals surface area (Å²) in [7, 11) is 0. The topological polar surface area (TPSA) is 59.2 Å². The van der Waals surface area contributed by atoms with E-state index in [1.807, 2.05) is 18.7 Å². The maximum absolute atomic E-state index is 13.0. The van der Waals surface area contributed by atoms with Gasteiger partial charge in [0.25, 0.3) is 5.91 Å². The maximum Gasteiger partial charge on any atom is 0.266 e. The van der Waals surface area contributed by atoms with E-state index in [1.165, 1.54) is 37.1 Å². The van der Waals surface area contributed by atoms with Crippen LogP contribution in [0.2, 0.25) is 0 Å². The number of rotatable bonds is 3. The van der Waals surface area contributed by atoms with E-state index in [2.05, 4.69) is 0 Å². The van der Waals surface area contributed by atoms with E-state index in [4.69, 9.17) is 10.7 Å². The standard InChI is InChI=1S/C17H27N3OS.2ClH/c1-11(18)14-9-5-6-10-20(14)17(21)15-12(2)19-16(22-15)13-7-3-4-8-13;;/h11,13-14H,3-10,18H2,1-2H3;2*1H. The summed E-state index contributed by atoms with van der Waals surface area (Å²) in [6, 6.07) is 0.212. The summed E-state index contributed by atoms with van der Waals surface area (Å²) in [5, 5.41) is 1.17. The summed E-state index contributed by atoms with van der Waals surface area (Å²) in [5.74, 6) is 0.733. The number of carbonyl (C=O) groups excluding carboxylic acids is 1. The van der Waals surface area contributed by atoms with Gasteiger partial charge in [-0.3, -0.25) is 4.79 Å². The molecule has 1 aliphatic carbocycles. The number of halogens is 2. The van der Waals surface area contributed by atoms with Gasteiger partial charge in [0, 0.05) is 24.5 Å². The average Bonchev–Trinajstić information content (AvgIpc) is 3.15. The molecule has 2 N–H and O–H groups in total. The molecule has 3 rings (SSSR count). The molecule has 1 amide bonds. The molecule has 0 aromatic carbocycles. The van der Waals surface area contributed by atoms with Gasteiger partial charge in [0.1, 0.15) is 4.88 Å². The maximum atomic E-state index is 13.0. The summed E-state index contributed by atoms with van der Waals surface area (Å²) in [4.78, 5) is 20.6. The zero-order chi connectivity index (χ0) is 15.7. The molecular weight excluding hydrogens is 365 g/mol. The molecule has 24 heavy (non-hydrogen) atoms. The molecule has 7 heteroatoms. The van der Waals surface area contributed by atoms with Gasteiger partial charge in [0.15, 0.2) is 0 Å². The molecule has 2 unspecified atom stereocenters. The van der Waals surface area contributed by atoms with Crippen LogP contribution in [0.3, 0.4) is 0 Å². The van der Waals surface area contributed by atoms with E-state index in [9.17, 15) is 4.79 Å². The van der Waals surface area contributed by atoms with Gasteiger partial charge in [-0.15, -0.1) is 36.2 Å². The summed E-state index contributed by atoms with van der Waals surface area (Å²) in [6.07, 6.45) is 8.33. The molecule has 2 atom stereocenters. The lowest BCUT2D eigenvalue weighted by atomic mass is 9.96. The number of aromatic nitrogens is 1. The fourth-order valence-corrected chi connectivity index (χ4v) is 5.04. The molecular formula is C17H29Cl2N3OS.